The van der Waals surface area contributed by atoms with Gasteiger partial charge in [-0.1, -0.05) is 17.7 Å². The van der Waals surface area contributed by atoms with Crippen molar-refractivity contribution in [3.8, 4) is 5.69 Å². The molecule has 1 aromatic carbocycles. The third-order valence-corrected chi connectivity index (χ3v) is 3.02. The molecular formula is C13H16N4. The first-order valence-corrected chi connectivity index (χ1v) is 6.02. The van der Waals surface area contributed by atoms with E-state index in [1.165, 1.54) is 18.4 Å². The maximum Gasteiger partial charge on any atom is 0.146 e. The minimum absolute atomic E-state index is 0.693. The molecule has 1 heterocycles. The van der Waals surface area contributed by atoms with E-state index in [0.717, 1.165) is 18.1 Å². The van der Waals surface area contributed by atoms with Crippen molar-refractivity contribution in [3.63, 3.8) is 0 Å². The zero-order chi connectivity index (χ0) is 11.7. The van der Waals surface area contributed by atoms with Gasteiger partial charge < -0.3 is 5.32 Å². The van der Waals surface area contributed by atoms with Crippen molar-refractivity contribution >= 4 is 0 Å². The quantitative estimate of drug-likeness (QED) is 0.868. The van der Waals surface area contributed by atoms with Crippen LogP contribution in [0.15, 0.2) is 30.6 Å². The molecule has 88 valence electrons. The Morgan fingerprint density at radius 1 is 1.29 bits per heavy atom. The number of aryl methyl sites for hydroxylation is 1. The number of hydrogen-bond acceptors (Lipinski definition) is 3. The molecule has 1 fully saturated rings. The Morgan fingerprint density at radius 2 is 2.06 bits per heavy atom. The van der Waals surface area contributed by atoms with Gasteiger partial charge in [0.15, 0.2) is 0 Å². The lowest BCUT2D eigenvalue weighted by molar-refractivity contribution is 0.638. The summed E-state index contributed by atoms with van der Waals surface area (Å²) in [5.74, 6) is 0.973. The van der Waals surface area contributed by atoms with E-state index >= 15 is 0 Å². The van der Waals surface area contributed by atoms with Crippen molar-refractivity contribution in [2.45, 2.75) is 32.4 Å². The van der Waals surface area contributed by atoms with E-state index in [1.807, 2.05) is 4.68 Å². The second kappa shape index (κ2) is 4.30. The Kier molecular flexibility index (Phi) is 2.65. The molecule has 1 N–H and O–H groups in total. The molecule has 4 nitrogen and oxygen atoms in total. The average Bonchev–Trinajstić information content (AvgIpc) is 3.06. The number of rotatable bonds is 4. The second-order valence-electron chi connectivity index (χ2n) is 4.58. The van der Waals surface area contributed by atoms with Crippen LogP contribution in [0.2, 0.25) is 0 Å². The minimum atomic E-state index is 0.693. The van der Waals surface area contributed by atoms with Crippen LogP contribution in [0.5, 0.6) is 0 Å². The summed E-state index contributed by atoms with van der Waals surface area (Å²) in [6.07, 6.45) is 4.20. The summed E-state index contributed by atoms with van der Waals surface area (Å²) in [6, 6.07) is 9.03. The standard InChI is InChI=1S/C13H16N4/c1-10-2-6-12(7-3-10)17-13(15-9-16-17)8-14-11-4-5-11/h2-3,6-7,9,11,14H,4-5,8H2,1H3. The van der Waals surface area contributed by atoms with Crippen LogP contribution in [0, 0.1) is 6.92 Å². The summed E-state index contributed by atoms with van der Waals surface area (Å²) >= 11 is 0. The van der Waals surface area contributed by atoms with Gasteiger partial charge in [-0.2, -0.15) is 5.10 Å². The maximum absolute atomic E-state index is 4.30. The van der Waals surface area contributed by atoms with E-state index < -0.39 is 0 Å². The molecule has 0 aliphatic heterocycles. The molecule has 3 rings (SSSR count). The molecule has 0 atom stereocenters. The van der Waals surface area contributed by atoms with Gasteiger partial charge in [0, 0.05) is 6.04 Å². The molecule has 1 aromatic heterocycles. The molecule has 2 aromatic rings. The van der Waals surface area contributed by atoms with Crippen molar-refractivity contribution < 1.29 is 0 Å². The fraction of sp³-hybridized carbons (Fsp3) is 0.385. The Balaban J connectivity index is 1.81. The molecule has 4 heteroatoms. The molecule has 0 bridgehead atoms. The van der Waals surface area contributed by atoms with Gasteiger partial charge in [0.2, 0.25) is 0 Å². The maximum atomic E-state index is 4.30. The van der Waals surface area contributed by atoms with Crippen LogP contribution in [0.3, 0.4) is 0 Å². The summed E-state index contributed by atoms with van der Waals surface area (Å²) in [6.45, 7) is 2.87. The van der Waals surface area contributed by atoms with Crippen LogP contribution in [-0.4, -0.2) is 20.8 Å². The summed E-state index contributed by atoms with van der Waals surface area (Å²) in [5.41, 5.74) is 2.33. The number of benzene rings is 1. The lowest BCUT2D eigenvalue weighted by Crippen LogP contribution is -2.18. The molecule has 1 aliphatic rings. The van der Waals surface area contributed by atoms with E-state index in [2.05, 4.69) is 46.6 Å². The van der Waals surface area contributed by atoms with Crippen LogP contribution in [0.1, 0.15) is 24.2 Å². The number of nitrogens with zero attached hydrogens (tertiary/aromatic N) is 3. The largest absolute Gasteiger partial charge is 0.307 e. The van der Waals surface area contributed by atoms with E-state index in [1.54, 1.807) is 6.33 Å². The number of hydrogen-bond donors (Lipinski definition) is 1. The van der Waals surface area contributed by atoms with Crippen LogP contribution >= 0.6 is 0 Å². The first kappa shape index (κ1) is 10.5. The van der Waals surface area contributed by atoms with E-state index in [-0.39, 0.29) is 0 Å². The lowest BCUT2D eigenvalue weighted by atomic mass is 10.2. The molecule has 0 radical (unpaired) electrons. The monoisotopic (exact) mass is 228 g/mol. The van der Waals surface area contributed by atoms with Gasteiger partial charge in [0.25, 0.3) is 0 Å². The zero-order valence-electron chi connectivity index (χ0n) is 9.93. The first-order valence-electron chi connectivity index (χ1n) is 6.02. The van der Waals surface area contributed by atoms with Gasteiger partial charge in [-0.25, -0.2) is 9.67 Å². The lowest BCUT2D eigenvalue weighted by Gasteiger charge is -2.06. The van der Waals surface area contributed by atoms with E-state index in [0.29, 0.717) is 6.04 Å². The highest BCUT2D eigenvalue weighted by Gasteiger charge is 2.21. The van der Waals surface area contributed by atoms with Crippen LogP contribution in [0.4, 0.5) is 0 Å². The summed E-state index contributed by atoms with van der Waals surface area (Å²) in [7, 11) is 0. The third-order valence-electron chi connectivity index (χ3n) is 3.02. The van der Waals surface area contributed by atoms with Gasteiger partial charge in [-0.3, -0.25) is 0 Å². The molecule has 17 heavy (non-hydrogen) atoms. The normalized spacial score (nSPS) is 15.1. The Labute approximate surface area is 101 Å². The molecule has 0 spiro atoms. The molecule has 1 saturated carbocycles. The molecule has 0 saturated heterocycles. The highest BCUT2D eigenvalue weighted by Crippen LogP contribution is 2.19. The summed E-state index contributed by atoms with van der Waals surface area (Å²) in [5, 5.41) is 7.74. The smallest absolute Gasteiger partial charge is 0.146 e. The fourth-order valence-electron chi connectivity index (χ4n) is 1.81. The van der Waals surface area contributed by atoms with Crippen molar-refractivity contribution in [2.75, 3.05) is 0 Å². The summed E-state index contributed by atoms with van der Waals surface area (Å²) in [4.78, 5) is 4.30. The molecular weight excluding hydrogens is 212 g/mol. The predicted octanol–water partition coefficient (Wildman–Crippen LogP) is 1.83. The van der Waals surface area contributed by atoms with Crippen molar-refractivity contribution in [2.24, 2.45) is 0 Å². The predicted molar refractivity (Wildman–Crippen MR) is 66.0 cm³/mol. The highest BCUT2D eigenvalue weighted by atomic mass is 15.3. The van der Waals surface area contributed by atoms with E-state index in [4.69, 9.17) is 0 Å². The molecule has 1 aliphatic carbocycles. The third kappa shape index (κ3) is 2.36. The van der Waals surface area contributed by atoms with Crippen LogP contribution in [0.25, 0.3) is 5.69 Å². The van der Waals surface area contributed by atoms with Gasteiger partial charge >= 0.3 is 0 Å². The highest BCUT2D eigenvalue weighted by molar-refractivity contribution is 5.33. The van der Waals surface area contributed by atoms with Gasteiger partial charge in [-0.05, 0) is 31.9 Å². The SMILES string of the molecule is Cc1ccc(-n2ncnc2CNC2CC2)cc1. The molecule has 0 unspecified atom stereocenters. The van der Waals surface area contributed by atoms with Gasteiger partial charge in [0.05, 0.1) is 12.2 Å². The number of aromatic nitrogens is 3. The topological polar surface area (TPSA) is 42.7 Å². The minimum Gasteiger partial charge on any atom is -0.307 e. The summed E-state index contributed by atoms with van der Waals surface area (Å²) < 4.78 is 1.90. The zero-order valence-corrected chi connectivity index (χ0v) is 9.93. The van der Waals surface area contributed by atoms with E-state index in [9.17, 15) is 0 Å². The average molecular weight is 228 g/mol. The Hall–Kier alpha value is -1.68. The molecule has 0 amide bonds. The van der Waals surface area contributed by atoms with Crippen molar-refractivity contribution in [3.05, 3.63) is 42.0 Å². The Bertz CT molecular complexity index is 496. The van der Waals surface area contributed by atoms with Crippen LogP contribution in [-0.2, 0) is 6.54 Å². The van der Waals surface area contributed by atoms with Gasteiger partial charge in [0.1, 0.15) is 12.2 Å². The Morgan fingerprint density at radius 3 is 2.76 bits per heavy atom. The van der Waals surface area contributed by atoms with Crippen molar-refractivity contribution in [1.29, 1.82) is 0 Å². The number of nitrogens with one attached hydrogen (secondary N) is 1. The van der Waals surface area contributed by atoms with Crippen LogP contribution < -0.4 is 5.32 Å². The van der Waals surface area contributed by atoms with Crippen molar-refractivity contribution in [1.82, 2.24) is 20.1 Å². The second-order valence-corrected chi connectivity index (χ2v) is 4.58. The first-order chi connectivity index (χ1) is 8.33. The fourth-order valence-corrected chi connectivity index (χ4v) is 1.81. The van der Waals surface area contributed by atoms with Gasteiger partial charge in [-0.15, -0.1) is 0 Å².